The lowest BCUT2D eigenvalue weighted by Gasteiger charge is -2.26. The molecule has 1 aliphatic heterocycles. The summed E-state index contributed by atoms with van der Waals surface area (Å²) in [6.07, 6.45) is 4.26. The number of fused-ring (bicyclic) bond motifs is 1. The van der Waals surface area contributed by atoms with E-state index in [4.69, 9.17) is 15.2 Å². The molecule has 4 N–H and O–H groups in total. The SMILES string of the molecule is CCC/C=C(\Nc1c(-c2cc3cc(CN4CCOCC4)ccc3[nH]2)cc(N)nc1C)c1ccc(OC)cc1. The van der Waals surface area contributed by atoms with E-state index >= 15 is 0 Å². The smallest absolute Gasteiger partial charge is 0.124 e. The number of nitrogens with zero attached hydrogens (tertiary/aromatic N) is 2. The van der Waals surface area contributed by atoms with Crippen LogP contribution in [0.5, 0.6) is 5.75 Å². The van der Waals surface area contributed by atoms with Gasteiger partial charge in [-0.15, -0.1) is 0 Å². The minimum absolute atomic E-state index is 0.498. The molecule has 0 radical (unpaired) electrons. The van der Waals surface area contributed by atoms with Crippen molar-refractivity contribution in [3.05, 3.63) is 77.5 Å². The third-order valence-corrected chi connectivity index (χ3v) is 7.00. The van der Waals surface area contributed by atoms with Gasteiger partial charge in [0.2, 0.25) is 0 Å². The molecule has 5 rings (SSSR count). The van der Waals surface area contributed by atoms with Crippen molar-refractivity contribution < 1.29 is 9.47 Å². The summed E-state index contributed by atoms with van der Waals surface area (Å²) >= 11 is 0. The Bertz CT molecular complexity index is 1420. The maximum absolute atomic E-state index is 6.25. The number of rotatable bonds is 9. The summed E-state index contributed by atoms with van der Waals surface area (Å²) in [4.78, 5) is 10.6. The number of aromatic nitrogens is 2. The van der Waals surface area contributed by atoms with Crippen molar-refractivity contribution in [3.63, 3.8) is 0 Å². The molecule has 7 nitrogen and oxygen atoms in total. The lowest BCUT2D eigenvalue weighted by molar-refractivity contribution is 0.0342. The van der Waals surface area contributed by atoms with Crippen molar-refractivity contribution in [1.29, 1.82) is 0 Å². The zero-order valence-corrected chi connectivity index (χ0v) is 22.5. The van der Waals surface area contributed by atoms with Crippen LogP contribution in [0.15, 0.2) is 60.7 Å². The molecular weight excluding hydrogens is 474 g/mol. The maximum atomic E-state index is 6.25. The van der Waals surface area contributed by atoms with Crippen LogP contribution in [0.4, 0.5) is 11.5 Å². The summed E-state index contributed by atoms with van der Waals surface area (Å²) < 4.78 is 10.9. The molecule has 4 aromatic rings. The Morgan fingerprint density at radius 2 is 1.92 bits per heavy atom. The molecule has 0 bridgehead atoms. The zero-order chi connectivity index (χ0) is 26.5. The molecule has 3 heterocycles. The minimum Gasteiger partial charge on any atom is -0.497 e. The van der Waals surface area contributed by atoms with Crippen LogP contribution in [0.3, 0.4) is 0 Å². The van der Waals surface area contributed by atoms with Crippen LogP contribution < -0.4 is 15.8 Å². The first-order valence-electron chi connectivity index (χ1n) is 13.3. The second-order valence-corrected chi connectivity index (χ2v) is 9.81. The summed E-state index contributed by atoms with van der Waals surface area (Å²) in [5.41, 5.74) is 14.6. The quantitative estimate of drug-likeness (QED) is 0.247. The van der Waals surface area contributed by atoms with E-state index in [9.17, 15) is 0 Å². The van der Waals surface area contributed by atoms with Gasteiger partial charge in [0.15, 0.2) is 0 Å². The molecule has 0 aliphatic carbocycles. The molecule has 1 aliphatic rings. The highest BCUT2D eigenvalue weighted by Crippen LogP contribution is 2.36. The maximum Gasteiger partial charge on any atom is 0.124 e. The molecule has 2 aromatic carbocycles. The monoisotopic (exact) mass is 511 g/mol. The topological polar surface area (TPSA) is 88.4 Å². The van der Waals surface area contributed by atoms with E-state index in [-0.39, 0.29) is 0 Å². The predicted octanol–water partition coefficient (Wildman–Crippen LogP) is 6.21. The van der Waals surface area contributed by atoms with Crippen LogP contribution >= 0.6 is 0 Å². The molecule has 198 valence electrons. The largest absolute Gasteiger partial charge is 0.497 e. The van der Waals surface area contributed by atoms with Crippen LogP contribution in [-0.4, -0.2) is 48.3 Å². The number of methoxy groups -OCH3 is 1. The number of hydrogen-bond acceptors (Lipinski definition) is 6. The molecule has 0 saturated carbocycles. The number of H-pyrrole nitrogens is 1. The highest BCUT2D eigenvalue weighted by Gasteiger charge is 2.16. The van der Waals surface area contributed by atoms with E-state index < -0.39 is 0 Å². The average Bonchev–Trinajstić information content (AvgIpc) is 3.36. The Labute approximate surface area is 224 Å². The number of allylic oxidation sites excluding steroid dienone is 1. The first-order valence-corrected chi connectivity index (χ1v) is 13.3. The van der Waals surface area contributed by atoms with Gasteiger partial charge in [-0.25, -0.2) is 4.98 Å². The minimum atomic E-state index is 0.498. The van der Waals surface area contributed by atoms with Crippen LogP contribution in [0, 0.1) is 6.92 Å². The number of nitrogen functional groups attached to an aromatic ring is 1. The van der Waals surface area contributed by atoms with Gasteiger partial charge in [0.25, 0.3) is 0 Å². The molecule has 0 amide bonds. The number of unbranched alkanes of at least 4 members (excludes halogenated alkanes) is 1. The van der Waals surface area contributed by atoms with Gasteiger partial charge in [0.05, 0.1) is 31.7 Å². The van der Waals surface area contributed by atoms with Crippen molar-refractivity contribution in [3.8, 4) is 17.0 Å². The number of morpholine rings is 1. The number of nitrogens with two attached hydrogens (primary N) is 1. The molecule has 2 aromatic heterocycles. The average molecular weight is 512 g/mol. The third kappa shape index (κ3) is 5.85. The summed E-state index contributed by atoms with van der Waals surface area (Å²) in [6.45, 7) is 8.67. The fourth-order valence-corrected chi connectivity index (χ4v) is 4.94. The molecule has 0 unspecified atom stereocenters. The molecule has 7 heteroatoms. The number of pyridine rings is 1. The summed E-state index contributed by atoms with van der Waals surface area (Å²) in [5.74, 6) is 1.33. The lowest BCUT2D eigenvalue weighted by Crippen LogP contribution is -2.35. The highest BCUT2D eigenvalue weighted by molar-refractivity contribution is 5.93. The molecule has 38 heavy (non-hydrogen) atoms. The van der Waals surface area contributed by atoms with Crippen LogP contribution in [0.1, 0.15) is 36.6 Å². The van der Waals surface area contributed by atoms with Crippen molar-refractivity contribution in [2.45, 2.75) is 33.2 Å². The van der Waals surface area contributed by atoms with E-state index in [0.29, 0.717) is 5.82 Å². The van der Waals surface area contributed by atoms with E-state index in [1.54, 1.807) is 7.11 Å². The highest BCUT2D eigenvalue weighted by atomic mass is 16.5. The normalized spacial score (nSPS) is 14.7. The van der Waals surface area contributed by atoms with E-state index in [0.717, 1.165) is 90.9 Å². The van der Waals surface area contributed by atoms with E-state index in [1.807, 2.05) is 25.1 Å². The van der Waals surface area contributed by atoms with Gasteiger partial charge in [-0.2, -0.15) is 0 Å². The van der Waals surface area contributed by atoms with Gasteiger partial charge in [-0.1, -0.05) is 25.5 Å². The lowest BCUT2D eigenvalue weighted by atomic mass is 10.1. The summed E-state index contributed by atoms with van der Waals surface area (Å²) in [5, 5.41) is 4.89. The Morgan fingerprint density at radius 1 is 1.13 bits per heavy atom. The van der Waals surface area contributed by atoms with Gasteiger partial charge >= 0.3 is 0 Å². The standard InChI is InChI=1S/C31H37N5O2/c1-4-5-6-27(23-8-10-25(37-3)11-9-23)35-31-21(2)33-30(32)19-26(31)29-18-24-17-22(7-12-28(24)34-29)20-36-13-15-38-16-14-36/h6-12,17-19,34-35H,4-5,13-16,20H2,1-3H3,(H2,32,33)/b27-6-. The number of benzene rings is 2. The number of nitrogens with one attached hydrogen (secondary N) is 2. The van der Waals surface area contributed by atoms with Gasteiger partial charge in [0.1, 0.15) is 11.6 Å². The molecule has 0 spiro atoms. The zero-order valence-electron chi connectivity index (χ0n) is 22.5. The Balaban J connectivity index is 1.49. The Hall–Kier alpha value is -3.81. The van der Waals surface area contributed by atoms with Crippen LogP contribution in [0.2, 0.25) is 0 Å². The summed E-state index contributed by atoms with van der Waals surface area (Å²) in [6, 6.07) is 18.9. The number of aromatic amines is 1. The van der Waals surface area contributed by atoms with Gasteiger partial charge < -0.3 is 25.5 Å². The van der Waals surface area contributed by atoms with E-state index in [2.05, 4.69) is 69.6 Å². The first kappa shape index (κ1) is 25.8. The van der Waals surface area contributed by atoms with Crippen molar-refractivity contribution >= 4 is 28.1 Å². The Kier molecular flexibility index (Phi) is 7.96. The van der Waals surface area contributed by atoms with Crippen LogP contribution in [-0.2, 0) is 11.3 Å². The fraction of sp³-hybridized carbons (Fsp3) is 0.323. The van der Waals surface area contributed by atoms with Crippen LogP contribution in [0.25, 0.3) is 27.9 Å². The van der Waals surface area contributed by atoms with E-state index in [1.165, 1.54) is 10.9 Å². The number of hydrogen-bond donors (Lipinski definition) is 3. The van der Waals surface area contributed by atoms with Gasteiger partial charge in [0, 0.05) is 47.5 Å². The number of anilines is 2. The van der Waals surface area contributed by atoms with Crippen molar-refractivity contribution in [2.75, 3.05) is 44.5 Å². The van der Waals surface area contributed by atoms with Gasteiger partial charge in [-0.3, -0.25) is 4.90 Å². The summed E-state index contributed by atoms with van der Waals surface area (Å²) in [7, 11) is 1.68. The number of ether oxygens (including phenoxy) is 2. The predicted molar refractivity (Wildman–Crippen MR) is 156 cm³/mol. The third-order valence-electron chi connectivity index (χ3n) is 7.00. The van der Waals surface area contributed by atoms with Crippen molar-refractivity contribution in [2.24, 2.45) is 0 Å². The molecule has 1 saturated heterocycles. The molecule has 0 atom stereocenters. The second-order valence-electron chi connectivity index (χ2n) is 9.81. The first-order chi connectivity index (χ1) is 18.5. The number of aryl methyl sites for hydroxylation is 1. The van der Waals surface area contributed by atoms with Gasteiger partial charge in [-0.05, 0) is 73.0 Å². The second kappa shape index (κ2) is 11.7. The molecule has 1 fully saturated rings. The molecular formula is C31H37N5O2. The fourth-order valence-electron chi connectivity index (χ4n) is 4.94. The van der Waals surface area contributed by atoms with Crippen molar-refractivity contribution in [1.82, 2.24) is 14.9 Å². The Morgan fingerprint density at radius 3 is 2.66 bits per heavy atom.